The molecule has 5 heteroatoms. The number of carbonyl (C=O) groups is 1. The van der Waals surface area contributed by atoms with Crippen molar-refractivity contribution < 1.29 is 9.21 Å². The summed E-state index contributed by atoms with van der Waals surface area (Å²) in [5, 5.41) is 0. The Bertz CT molecular complexity index is 639. The van der Waals surface area contributed by atoms with Crippen LogP contribution in [0.1, 0.15) is 34.5 Å². The van der Waals surface area contributed by atoms with Crippen molar-refractivity contribution in [1.82, 2.24) is 9.88 Å². The van der Waals surface area contributed by atoms with Gasteiger partial charge in [-0.05, 0) is 49.9 Å². The molecule has 1 unspecified atom stereocenters. The predicted octanol–water partition coefficient (Wildman–Crippen LogP) is 3.55. The molecule has 4 nitrogen and oxygen atoms in total. The van der Waals surface area contributed by atoms with E-state index in [1.807, 2.05) is 32.2 Å². The van der Waals surface area contributed by atoms with Gasteiger partial charge >= 0.3 is 0 Å². The monoisotopic (exact) mass is 318 g/mol. The van der Waals surface area contributed by atoms with Gasteiger partial charge in [-0.1, -0.05) is 0 Å². The molecule has 2 aromatic rings. The average Bonchev–Trinajstić information content (AvgIpc) is 2.94. The Morgan fingerprint density at radius 1 is 1.41 bits per heavy atom. The molecule has 0 saturated heterocycles. The summed E-state index contributed by atoms with van der Waals surface area (Å²) < 4.78 is 5.60. The minimum Gasteiger partial charge on any atom is -0.455 e. The van der Waals surface area contributed by atoms with Crippen LogP contribution >= 0.6 is 11.8 Å². The largest absolute Gasteiger partial charge is 0.455 e. The number of nitrogens with zero attached hydrogens (tertiary/aromatic N) is 2. The number of furan rings is 1. The molecule has 0 fully saturated rings. The van der Waals surface area contributed by atoms with E-state index in [4.69, 9.17) is 4.42 Å². The summed E-state index contributed by atoms with van der Waals surface area (Å²) in [6, 6.07) is 7.69. The van der Waals surface area contributed by atoms with Crippen LogP contribution in [0.15, 0.2) is 34.9 Å². The highest BCUT2D eigenvalue weighted by Crippen LogP contribution is 2.16. The summed E-state index contributed by atoms with van der Waals surface area (Å²) in [5.41, 5.74) is 2.17. The molecule has 0 spiro atoms. The van der Waals surface area contributed by atoms with E-state index in [1.165, 1.54) is 5.56 Å². The van der Waals surface area contributed by atoms with Crippen LogP contribution in [0.25, 0.3) is 0 Å². The minimum absolute atomic E-state index is 0.0518. The second-order valence-corrected chi connectivity index (χ2v) is 6.36. The number of hydrogen-bond acceptors (Lipinski definition) is 4. The Labute approximate surface area is 135 Å². The quantitative estimate of drug-likeness (QED) is 0.817. The van der Waals surface area contributed by atoms with Crippen molar-refractivity contribution >= 4 is 17.7 Å². The van der Waals surface area contributed by atoms with E-state index < -0.39 is 0 Å². The molecule has 0 bridgehead atoms. The van der Waals surface area contributed by atoms with Crippen LogP contribution in [0.4, 0.5) is 0 Å². The number of carbonyl (C=O) groups excluding carboxylic acids is 1. The van der Waals surface area contributed by atoms with Crippen molar-refractivity contribution in [3.63, 3.8) is 0 Å². The number of aryl methyl sites for hydroxylation is 1. The van der Waals surface area contributed by atoms with E-state index in [2.05, 4.69) is 11.1 Å². The molecule has 2 aromatic heterocycles. The standard InChI is InChI=1S/C17H22N2O2S/c1-12-7-8-18-14(9-12)10-13(2)19(3)17(20)16-6-5-15(21-16)11-22-4/h5-9,13H,10-11H2,1-4H3. The topological polar surface area (TPSA) is 46.3 Å². The zero-order valence-corrected chi connectivity index (χ0v) is 14.3. The van der Waals surface area contributed by atoms with Crippen molar-refractivity contribution in [2.75, 3.05) is 13.3 Å². The Morgan fingerprint density at radius 2 is 2.18 bits per heavy atom. The Balaban J connectivity index is 2.02. The van der Waals surface area contributed by atoms with Crippen molar-refractivity contribution in [2.24, 2.45) is 0 Å². The maximum atomic E-state index is 12.5. The molecule has 22 heavy (non-hydrogen) atoms. The lowest BCUT2D eigenvalue weighted by Crippen LogP contribution is -2.36. The molecule has 0 aromatic carbocycles. The van der Waals surface area contributed by atoms with Crippen molar-refractivity contribution in [3.05, 3.63) is 53.2 Å². The molecular weight excluding hydrogens is 296 g/mol. The summed E-state index contributed by atoms with van der Waals surface area (Å²) in [5.74, 6) is 1.92. The maximum absolute atomic E-state index is 12.5. The first-order valence-electron chi connectivity index (χ1n) is 7.27. The summed E-state index contributed by atoms with van der Waals surface area (Å²) >= 11 is 1.67. The fourth-order valence-corrected chi connectivity index (χ4v) is 2.68. The van der Waals surface area contributed by atoms with Crippen LogP contribution in [-0.4, -0.2) is 35.1 Å². The number of thioether (sulfide) groups is 1. The van der Waals surface area contributed by atoms with Crippen LogP contribution < -0.4 is 0 Å². The first kappa shape index (κ1) is 16.6. The number of rotatable bonds is 6. The summed E-state index contributed by atoms with van der Waals surface area (Å²) in [7, 11) is 1.81. The Hall–Kier alpha value is -1.75. The van der Waals surface area contributed by atoms with Gasteiger partial charge in [-0.15, -0.1) is 0 Å². The van der Waals surface area contributed by atoms with Gasteiger partial charge in [-0.2, -0.15) is 11.8 Å². The van der Waals surface area contributed by atoms with Crippen LogP contribution in [0.5, 0.6) is 0 Å². The van der Waals surface area contributed by atoms with Crippen LogP contribution in [0, 0.1) is 6.92 Å². The fourth-order valence-electron chi connectivity index (χ4n) is 2.24. The highest BCUT2D eigenvalue weighted by Gasteiger charge is 2.21. The van der Waals surface area contributed by atoms with Gasteiger partial charge in [0.15, 0.2) is 5.76 Å². The molecule has 118 valence electrons. The summed E-state index contributed by atoms with van der Waals surface area (Å²) in [6.07, 6.45) is 4.54. The van der Waals surface area contributed by atoms with E-state index in [0.29, 0.717) is 5.76 Å². The molecule has 0 aliphatic heterocycles. The maximum Gasteiger partial charge on any atom is 0.289 e. The number of likely N-dealkylation sites (N-methyl/N-ethyl adjacent to an activating group) is 1. The highest BCUT2D eigenvalue weighted by molar-refractivity contribution is 7.97. The molecule has 2 rings (SSSR count). The van der Waals surface area contributed by atoms with Gasteiger partial charge in [-0.25, -0.2) is 0 Å². The van der Waals surface area contributed by atoms with Gasteiger partial charge in [0.05, 0.1) is 5.75 Å². The van der Waals surface area contributed by atoms with E-state index in [1.54, 1.807) is 36.0 Å². The van der Waals surface area contributed by atoms with Gasteiger partial charge in [0, 0.05) is 31.4 Å². The smallest absolute Gasteiger partial charge is 0.289 e. The van der Waals surface area contributed by atoms with Gasteiger partial charge in [0.25, 0.3) is 5.91 Å². The van der Waals surface area contributed by atoms with Crippen LogP contribution in [-0.2, 0) is 12.2 Å². The van der Waals surface area contributed by atoms with E-state index in [9.17, 15) is 4.79 Å². The first-order chi connectivity index (χ1) is 10.5. The molecule has 1 amide bonds. The number of aromatic nitrogens is 1. The van der Waals surface area contributed by atoms with E-state index in [0.717, 1.165) is 23.6 Å². The lowest BCUT2D eigenvalue weighted by atomic mass is 10.1. The lowest BCUT2D eigenvalue weighted by molar-refractivity contribution is 0.0709. The second-order valence-electron chi connectivity index (χ2n) is 5.49. The zero-order valence-electron chi connectivity index (χ0n) is 13.5. The minimum atomic E-state index is -0.0903. The molecule has 0 aliphatic rings. The fraction of sp³-hybridized carbons (Fsp3) is 0.412. The zero-order chi connectivity index (χ0) is 16.1. The summed E-state index contributed by atoms with van der Waals surface area (Å²) in [4.78, 5) is 18.5. The third-order valence-electron chi connectivity index (χ3n) is 3.62. The van der Waals surface area contributed by atoms with Crippen molar-refractivity contribution in [1.29, 1.82) is 0 Å². The highest BCUT2D eigenvalue weighted by atomic mass is 32.2. The molecule has 0 radical (unpaired) electrons. The van der Waals surface area contributed by atoms with Gasteiger partial charge in [0.1, 0.15) is 5.76 Å². The first-order valence-corrected chi connectivity index (χ1v) is 8.67. The van der Waals surface area contributed by atoms with Crippen molar-refractivity contribution in [3.8, 4) is 0 Å². The second kappa shape index (κ2) is 7.49. The Kier molecular flexibility index (Phi) is 5.66. The van der Waals surface area contributed by atoms with Crippen LogP contribution in [0.3, 0.4) is 0 Å². The normalized spacial score (nSPS) is 12.2. The van der Waals surface area contributed by atoms with Gasteiger partial charge in [-0.3, -0.25) is 9.78 Å². The third kappa shape index (κ3) is 4.13. The molecule has 0 N–H and O–H groups in total. The number of hydrogen-bond donors (Lipinski definition) is 0. The van der Waals surface area contributed by atoms with E-state index in [-0.39, 0.29) is 11.9 Å². The third-order valence-corrected chi connectivity index (χ3v) is 4.19. The number of pyridine rings is 1. The Morgan fingerprint density at radius 3 is 2.86 bits per heavy atom. The molecule has 0 saturated carbocycles. The van der Waals surface area contributed by atoms with Gasteiger partial charge in [0.2, 0.25) is 0 Å². The number of amides is 1. The molecule has 2 heterocycles. The predicted molar refractivity (Wildman–Crippen MR) is 90.2 cm³/mol. The van der Waals surface area contributed by atoms with Crippen LogP contribution in [0.2, 0.25) is 0 Å². The lowest BCUT2D eigenvalue weighted by Gasteiger charge is -2.23. The SMILES string of the molecule is CSCc1ccc(C(=O)N(C)C(C)Cc2cc(C)ccn2)o1. The molecule has 0 aliphatic carbocycles. The molecule has 1 atom stereocenters. The van der Waals surface area contributed by atoms with Crippen molar-refractivity contribution in [2.45, 2.75) is 32.1 Å². The summed E-state index contributed by atoms with van der Waals surface area (Å²) in [6.45, 7) is 4.06. The average molecular weight is 318 g/mol. The van der Waals surface area contributed by atoms with E-state index >= 15 is 0 Å². The van der Waals surface area contributed by atoms with Gasteiger partial charge < -0.3 is 9.32 Å². The molecular formula is C17H22N2O2S.